The molecule has 3 nitrogen and oxygen atoms in total. The van der Waals surface area contributed by atoms with E-state index < -0.39 is 0 Å². The van der Waals surface area contributed by atoms with Gasteiger partial charge in [0.25, 0.3) is 0 Å². The van der Waals surface area contributed by atoms with Crippen LogP contribution in [0.5, 0.6) is 0 Å². The van der Waals surface area contributed by atoms with Crippen molar-refractivity contribution in [1.29, 1.82) is 5.26 Å². The van der Waals surface area contributed by atoms with Crippen molar-refractivity contribution < 1.29 is 0 Å². The number of likely N-dealkylation sites (tertiary alicyclic amines) is 1. The quantitative estimate of drug-likeness (QED) is 0.429. The Morgan fingerprint density at radius 2 is 1.80 bits per heavy atom. The number of hydrogen-bond acceptors (Lipinski definition) is 2. The fraction of sp³-hybridized carbons (Fsp3) is 0.296. The summed E-state index contributed by atoms with van der Waals surface area (Å²) in [6.45, 7) is 2.23. The van der Waals surface area contributed by atoms with E-state index in [1.807, 2.05) is 12.1 Å². The highest BCUT2D eigenvalue weighted by Gasteiger charge is 2.24. The largest absolute Gasteiger partial charge is 0.348 e. The van der Waals surface area contributed by atoms with Crippen molar-refractivity contribution in [1.82, 2.24) is 9.47 Å². The average molecular weight is 394 g/mol. The number of benzene rings is 3. The van der Waals surface area contributed by atoms with Crippen molar-refractivity contribution >= 4 is 21.7 Å². The van der Waals surface area contributed by atoms with Crippen molar-refractivity contribution in [2.24, 2.45) is 7.05 Å². The first-order valence-electron chi connectivity index (χ1n) is 10.9. The molecule has 2 heterocycles. The van der Waals surface area contributed by atoms with Gasteiger partial charge in [0.05, 0.1) is 11.6 Å². The molecule has 0 radical (unpaired) electrons. The smallest absolute Gasteiger partial charge is 0.0992 e. The molecule has 1 aromatic heterocycles. The van der Waals surface area contributed by atoms with Crippen LogP contribution in [0.4, 0.5) is 0 Å². The molecule has 0 saturated carbocycles. The van der Waals surface area contributed by atoms with Gasteiger partial charge in [-0.25, -0.2) is 0 Å². The Morgan fingerprint density at radius 3 is 2.67 bits per heavy atom. The van der Waals surface area contributed by atoms with Gasteiger partial charge in [-0.2, -0.15) is 5.26 Å². The van der Waals surface area contributed by atoms with Gasteiger partial charge in [0.15, 0.2) is 0 Å². The number of hydrogen-bond donors (Lipinski definition) is 0. The molecule has 30 heavy (non-hydrogen) atoms. The molecule has 3 heteroatoms. The lowest BCUT2D eigenvalue weighted by Crippen LogP contribution is -2.29. The van der Waals surface area contributed by atoms with E-state index in [2.05, 4.69) is 77.2 Å². The number of nitriles is 1. The maximum Gasteiger partial charge on any atom is 0.0992 e. The van der Waals surface area contributed by atoms with E-state index in [-0.39, 0.29) is 0 Å². The molecule has 0 N–H and O–H groups in total. The highest BCUT2D eigenvalue weighted by Crippen LogP contribution is 2.27. The molecular weight excluding hydrogens is 366 g/mol. The molecule has 0 bridgehead atoms. The van der Waals surface area contributed by atoms with Crippen molar-refractivity contribution in [3.63, 3.8) is 0 Å². The van der Waals surface area contributed by atoms with Crippen molar-refractivity contribution in [3.05, 3.63) is 83.6 Å². The van der Waals surface area contributed by atoms with E-state index in [0.29, 0.717) is 6.04 Å². The molecule has 0 amide bonds. The van der Waals surface area contributed by atoms with Gasteiger partial charge in [0.1, 0.15) is 0 Å². The van der Waals surface area contributed by atoms with Gasteiger partial charge >= 0.3 is 0 Å². The lowest BCUT2D eigenvalue weighted by atomic mass is 10.0. The Hall–Kier alpha value is -3.09. The van der Waals surface area contributed by atoms with Gasteiger partial charge < -0.3 is 4.57 Å². The Labute approximate surface area is 178 Å². The first kappa shape index (κ1) is 18.9. The minimum Gasteiger partial charge on any atom is -0.348 e. The number of fused-ring (bicyclic) bond motifs is 2. The summed E-state index contributed by atoms with van der Waals surface area (Å²) in [5.41, 5.74) is 4.66. The molecule has 4 aromatic rings. The average Bonchev–Trinajstić information content (AvgIpc) is 3.35. The Kier molecular flexibility index (Phi) is 5.02. The topological polar surface area (TPSA) is 32.0 Å². The zero-order valence-electron chi connectivity index (χ0n) is 17.5. The SMILES string of the molecule is Cn1c(CC[C@@H]2CCCN2Cc2ccc3ccccc3c2)cc2ccc(C#N)cc21. The Balaban J connectivity index is 1.29. The molecular formula is C27H27N3. The van der Waals surface area contributed by atoms with Gasteiger partial charge in [0, 0.05) is 30.8 Å². The van der Waals surface area contributed by atoms with Gasteiger partial charge in [-0.05, 0) is 78.2 Å². The van der Waals surface area contributed by atoms with Crippen LogP contribution < -0.4 is 0 Å². The first-order valence-corrected chi connectivity index (χ1v) is 10.9. The summed E-state index contributed by atoms with van der Waals surface area (Å²) in [7, 11) is 2.13. The molecule has 150 valence electrons. The third-order valence-electron chi connectivity index (χ3n) is 6.71. The fourth-order valence-electron chi connectivity index (χ4n) is 5.01. The van der Waals surface area contributed by atoms with Crippen molar-refractivity contribution in [2.75, 3.05) is 6.54 Å². The molecule has 3 aromatic carbocycles. The first-order chi connectivity index (χ1) is 14.7. The lowest BCUT2D eigenvalue weighted by molar-refractivity contribution is 0.234. The second kappa shape index (κ2) is 7.97. The standard InChI is InChI=1S/C27H27N3/c1-29-26(17-24-11-8-20(18-28)16-27(24)29)13-12-25-7-4-14-30(25)19-21-9-10-22-5-2-3-6-23(22)15-21/h2-3,5-6,8-11,15-17,25H,4,7,12-14,19H2,1H3/t25-/m0/s1. The molecule has 1 saturated heterocycles. The van der Waals surface area contributed by atoms with Gasteiger partial charge in [-0.15, -0.1) is 0 Å². The molecule has 0 aliphatic carbocycles. The number of nitrogens with zero attached hydrogens (tertiary/aromatic N) is 3. The maximum atomic E-state index is 9.19. The Morgan fingerprint density at radius 1 is 0.967 bits per heavy atom. The van der Waals surface area contributed by atoms with Crippen LogP contribution in [0, 0.1) is 11.3 Å². The summed E-state index contributed by atoms with van der Waals surface area (Å²) in [5.74, 6) is 0. The summed E-state index contributed by atoms with van der Waals surface area (Å²) < 4.78 is 2.26. The number of rotatable bonds is 5. The number of aromatic nitrogens is 1. The van der Waals surface area contributed by atoms with Crippen LogP contribution in [0.15, 0.2) is 66.7 Å². The second-order valence-electron chi connectivity index (χ2n) is 8.57. The van der Waals surface area contributed by atoms with Gasteiger partial charge in [-0.1, -0.05) is 42.5 Å². The van der Waals surface area contributed by atoms with E-state index in [9.17, 15) is 5.26 Å². The molecule has 1 aliphatic rings. The third kappa shape index (κ3) is 3.60. The lowest BCUT2D eigenvalue weighted by Gasteiger charge is -2.25. The zero-order valence-corrected chi connectivity index (χ0v) is 17.5. The van der Waals surface area contributed by atoms with E-state index in [1.54, 1.807) is 0 Å². The predicted octanol–water partition coefficient (Wildman–Crippen LogP) is 5.80. The molecule has 1 aliphatic heterocycles. The molecule has 1 atom stereocenters. The molecule has 5 rings (SSSR count). The Bertz CT molecular complexity index is 1240. The van der Waals surface area contributed by atoms with E-state index in [1.165, 1.54) is 53.2 Å². The molecule has 0 spiro atoms. The minimum atomic E-state index is 0.643. The van der Waals surface area contributed by atoms with Crippen LogP contribution >= 0.6 is 0 Å². The third-order valence-corrected chi connectivity index (χ3v) is 6.71. The fourth-order valence-corrected chi connectivity index (χ4v) is 5.01. The summed E-state index contributed by atoms with van der Waals surface area (Å²) >= 11 is 0. The summed E-state index contributed by atoms with van der Waals surface area (Å²) in [6, 6.07) is 26.7. The monoisotopic (exact) mass is 393 g/mol. The van der Waals surface area contributed by atoms with Crippen molar-refractivity contribution in [3.8, 4) is 6.07 Å². The minimum absolute atomic E-state index is 0.643. The number of aryl methyl sites for hydroxylation is 2. The van der Waals surface area contributed by atoms with Crippen LogP contribution in [0.1, 0.15) is 36.1 Å². The maximum absolute atomic E-state index is 9.19. The summed E-state index contributed by atoms with van der Waals surface area (Å²) in [4.78, 5) is 2.67. The zero-order chi connectivity index (χ0) is 20.5. The highest BCUT2D eigenvalue weighted by molar-refractivity contribution is 5.83. The predicted molar refractivity (Wildman–Crippen MR) is 123 cm³/mol. The van der Waals surface area contributed by atoms with E-state index in [0.717, 1.165) is 24.0 Å². The second-order valence-corrected chi connectivity index (χ2v) is 8.57. The van der Waals surface area contributed by atoms with Crippen LogP contribution in [0.3, 0.4) is 0 Å². The van der Waals surface area contributed by atoms with Gasteiger partial charge in [0.2, 0.25) is 0 Å². The summed E-state index contributed by atoms with van der Waals surface area (Å²) in [5, 5.41) is 13.1. The highest BCUT2D eigenvalue weighted by atomic mass is 15.2. The normalized spacial score (nSPS) is 17.0. The van der Waals surface area contributed by atoms with Crippen LogP contribution in [-0.4, -0.2) is 22.1 Å². The summed E-state index contributed by atoms with van der Waals surface area (Å²) in [6.07, 6.45) is 4.84. The van der Waals surface area contributed by atoms with Crippen LogP contribution in [0.2, 0.25) is 0 Å². The van der Waals surface area contributed by atoms with E-state index >= 15 is 0 Å². The molecule has 1 fully saturated rings. The van der Waals surface area contributed by atoms with Gasteiger partial charge in [-0.3, -0.25) is 4.90 Å². The van der Waals surface area contributed by atoms with Crippen LogP contribution in [0.25, 0.3) is 21.7 Å². The van der Waals surface area contributed by atoms with Crippen LogP contribution in [-0.2, 0) is 20.0 Å². The van der Waals surface area contributed by atoms with Crippen molar-refractivity contribution in [2.45, 2.75) is 38.3 Å². The van der Waals surface area contributed by atoms with E-state index in [4.69, 9.17) is 0 Å². The molecule has 0 unspecified atom stereocenters.